The average molecular weight is 342 g/mol. The number of methoxy groups -OCH3 is 1. The Labute approximate surface area is 149 Å². The summed E-state index contributed by atoms with van der Waals surface area (Å²) in [5, 5.41) is 2.94. The van der Waals surface area contributed by atoms with E-state index in [0.29, 0.717) is 6.54 Å². The lowest BCUT2D eigenvalue weighted by atomic mass is 10.1. The van der Waals surface area contributed by atoms with Gasteiger partial charge in [0.1, 0.15) is 11.5 Å². The molecule has 0 heterocycles. The molecular weight excluding hydrogens is 316 g/mol. The van der Waals surface area contributed by atoms with Crippen LogP contribution in [0.15, 0.2) is 48.5 Å². The van der Waals surface area contributed by atoms with Gasteiger partial charge >= 0.3 is 0 Å². The van der Waals surface area contributed by atoms with Gasteiger partial charge in [-0.15, -0.1) is 0 Å². The van der Waals surface area contributed by atoms with Gasteiger partial charge in [-0.25, -0.2) is 0 Å². The Morgan fingerprint density at radius 1 is 1.16 bits per heavy atom. The van der Waals surface area contributed by atoms with Crippen LogP contribution < -0.4 is 14.8 Å². The van der Waals surface area contributed by atoms with Crippen LogP contribution >= 0.6 is 0 Å². The van der Waals surface area contributed by atoms with E-state index in [-0.39, 0.29) is 18.6 Å². The molecule has 2 rings (SSSR count). The highest BCUT2D eigenvalue weighted by atomic mass is 16.5. The third-order valence-electron chi connectivity index (χ3n) is 4.05. The molecule has 0 fully saturated rings. The molecule has 0 radical (unpaired) electrons. The predicted molar refractivity (Wildman–Crippen MR) is 99.1 cm³/mol. The summed E-state index contributed by atoms with van der Waals surface area (Å²) < 4.78 is 10.9. The molecule has 0 aliphatic carbocycles. The number of para-hydroxylation sites is 1. The molecule has 1 N–H and O–H groups in total. The van der Waals surface area contributed by atoms with E-state index in [1.54, 1.807) is 7.11 Å². The zero-order valence-electron chi connectivity index (χ0n) is 15.3. The monoisotopic (exact) mass is 342 g/mol. The van der Waals surface area contributed by atoms with Crippen LogP contribution in [0.4, 0.5) is 0 Å². The Kier molecular flexibility index (Phi) is 6.83. The van der Waals surface area contributed by atoms with Crippen LogP contribution in [0, 0.1) is 6.92 Å². The van der Waals surface area contributed by atoms with Crippen molar-refractivity contribution in [2.24, 2.45) is 0 Å². The maximum Gasteiger partial charge on any atom is 0.258 e. The molecule has 2 aromatic rings. The maximum atomic E-state index is 12.1. The molecule has 0 aromatic heterocycles. The van der Waals surface area contributed by atoms with E-state index in [9.17, 15) is 4.79 Å². The van der Waals surface area contributed by atoms with Gasteiger partial charge in [0.05, 0.1) is 13.2 Å². The highest BCUT2D eigenvalue weighted by Gasteiger charge is 2.16. The first-order valence-electron chi connectivity index (χ1n) is 8.26. The number of carbonyl (C=O) groups is 1. The molecular formula is C20H26N2O3. The Morgan fingerprint density at radius 3 is 2.60 bits per heavy atom. The summed E-state index contributed by atoms with van der Waals surface area (Å²) in [7, 11) is 5.62. The fourth-order valence-electron chi connectivity index (χ4n) is 2.57. The van der Waals surface area contributed by atoms with Crippen molar-refractivity contribution in [1.82, 2.24) is 10.2 Å². The van der Waals surface area contributed by atoms with Crippen LogP contribution in [0.3, 0.4) is 0 Å². The molecule has 0 saturated carbocycles. The third-order valence-corrected chi connectivity index (χ3v) is 4.05. The largest absolute Gasteiger partial charge is 0.497 e. The van der Waals surface area contributed by atoms with Gasteiger partial charge in [0.15, 0.2) is 6.61 Å². The van der Waals surface area contributed by atoms with Gasteiger partial charge in [-0.3, -0.25) is 4.79 Å². The third kappa shape index (κ3) is 5.50. The summed E-state index contributed by atoms with van der Waals surface area (Å²) in [5.74, 6) is 1.39. The molecule has 134 valence electrons. The number of benzene rings is 2. The van der Waals surface area contributed by atoms with E-state index in [0.717, 1.165) is 22.6 Å². The number of aryl methyl sites for hydroxylation is 1. The average Bonchev–Trinajstić information content (AvgIpc) is 2.61. The molecule has 0 spiro atoms. The Balaban J connectivity index is 1.92. The van der Waals surface area contributed by atoms with Crippen LogP contribution in [-0.4, -0.2) is 45.2 Å². The zero-order chi connectivity index (χ0) is 18.2. The van der Waals surface area contributed by atoms with E-state index in [4.69, 9.17) is 9.47 Å². The molecule has 2 aromatic carbocycles. The van der Waals surface area contributed by atoms with E-state index in [1.165, 1.54) is 0 Å². The predicted octanol–water partition coefficient (Wildman–Crippen LogP) is 2.80. The number of hydrogen-bond acceptors (Lipinski definition) is 4. The lowest BCUT2D eigenvalue weighted by Crippen LogP contribution is -2.36. The Bertz CT molecular complexity index is 701. The normalized spacial score (nSPS) is 11.9. The summed E-state index contributed by atoms with van der Waals surface area (Å²) >= 11 is 0. The first-order chi connectivity index (χ1) is 12.0. The summed E-state index contributed by atoms with van der Waals surface area (Å²) in [4.78, 5) is 14.2. The highest BCUT2D eigenvalue weighted by molar-refractivity contribution is 5.77. The minimum Gasteiger partial charge on any atom is -0.497 e. The van der Waals surface area contributed by atoms with Crippen molar-refractivity contribution in [2.75, 3.05) is 34.4 Å². The van der Waals surface area contributed by atoms with Crippen molar-refractivity contribution in [3.05, 3.63) is 59.7 Å². The number of rotatable bonds is 8. The standard InChI is InChI=1S/C20H26N2O3/c1-15-8-5-6-11-19(15)25-14-20(23)21-13-18(22(2)3)16-9-7-10-17(12-16)24-4/h5-12,18H,13-14H2,1-4H3,(H,21,23). The van der Waals surface area contributed by atoms with Crippen molar-refractivity contribution in [2.45, 2.75) is 13.0 Å². The van der Waals surface area contributed by atoms with Crippen molar-refractivity contribution < 1.29 is 14.3 Å². The second kappa shape index (κ2) is 9.08. The Hall–Kier alpha value is -2.53. The number of nitrogens with zero attached hydrogens (tertiary/aromatic N) is 1. The quantitative estimate of drug-likeness (QED) is 0.801. The Morgan fingerprint density at radius 2 is 1.92 bits per heavy atom. The lowest BCUT2D eigenvalue weighted by Gasteiger charge is -2.25. The van der Waals surface area contributed by atoms with Crippen molar-refractivity contribution in [3.63, 3.8) is 0 Å². The minimum atomic E-state index is -0.141. The van der Waals surface area contributed by atoms with Crippen LogP contribution in [0.1, 0.15) is 17.2 Å². The van der Waals surface area contributed by atoms with Gasteiger partial charge in [0.25, 0.3) is 5.91 Å². The molecule has 1 atom stereocenters. The number of hydrogen-bond donors (Lipinski definition) is 1. The summed E-state index contributed by atoms with van der Waals surface area (Å²) in [5.41, 5.74) is 2.10. The second-order valence-corrected chi connectivity index (χ2v) is 6.11. The van der Waals surface area contributed by atoms with E-state index in [1.807, 2.05) is 69.6 Å². The van der Waals surface area contributed by atoms with Gasteiger partial charge < -0.3 is 19.7 Å². The summed E-state index contributed by atoms with van der Waals surface area (Å²) in [6.45, 7) is 2.46. The summed E-state index contributed by atoms with van der Waals surface area (Å²) in [6.07, 6.45) is 0. The molecule has 0 aliphatic rings. The van der Waals surface area contributed by atoms with Gasteiger partial charge in [0, 0.05) is 6.54 Å². The fourth-order valence-corrected chi connectivity index (χ4v) is 2.57. The number of nitrogens with one attached hydrogen (secondary N) is 1. The molecule has 1 amide bonds. The second-order valence-electron chi connectivity index (χ2n) is 6.11. The van der Waals surface area contributed by atoms with Gasteiger partial charge in [0.2, 0.25) is 0 Å². The highest BCUT2D eigenvalue weighted by Crippen LogP contribution is 2.22. The molecule has 0 saturated heterocycles. The molecule has 25 heavy (non-hydrogen) atoms. The number of ether oxygens (including phenoxy) is 2. The number of carbonyl (C=O) groups excluding carboxylic acids is 1. The molecule has 1 unspecified atom stereocenters. The van der Waals surface area contributed by atoms with Gasteiger partial charge in [-0.2, -0.15) is 0 Å². The van der Waals surface area contributed by atoms with E-state index in [2.05, 4.69) is 10.2 Å². The fraction of sp³-hybridized carbons (Fsp3) is 0.350. The van der Waals surface area contributed by atoms with Gasteiger partial charge in [-0.1, -0.05) is 30.3 Å². The number of likely N-dealkylation sites (N-methyl/N-ethyl adjacent to an activating group) is 1. The van der Waals surface area contributed by atoms with Crippen LogP contribution in [0.2, 0.25) is 0 Å². The van der Waals surface area contributed by atoms with Crippen molar-refractivity contribution in [3.8, 4) is 11.5 Å². The first-order valence-corrected chi connectivity index (χ1v) is 8.26. The van der Waals surface area contributed by atoms with E-state index < -0.39 is 0 Å². The van der Waals surface area contributed by atoms with Crippen LogP contribution in [0.5, 0.6) is 11.5 Å². The molecule has 5 nitrogen and oxygen atoms in total. The minimum absolute atomic E-state index is 0.00309. The van der Waals surface area contributed by atoms with E-state index >= 15 is 0 Å². The van der Waals surface area contributed by atoms with Crippen LogP contribution in [-0.2, 0) is 4.79 Å². The maximum absolute atomic E-state index is 12.1. The zero-order valence-corrected chi connectivity index (χ0v) is 15.3. The summed E-state index contributed by atoms with van der Waals surface area (Å²) in [6, 6.07) is 15.6. The first kappa shape index (κ1) is 18.8. The number of amides is 1. The van der Waals surface area contributed by atoms with Crippen molar-refractivity contribution in [1.29, 1.82) is 0 Å². The topological polar surface area (TPSA) is 50.8 Å². The van der Waals surface area contributed by atoms with Crippen LogP contribution in [0.25, 0.3) is 0 Å². The van der Waals surface area contributed by atoms with Crippen molar-refractivity contribution >= 4 is 5.91 Å². The molecule has 0 bridgehead atoms. The molecule has 0 aliphatic heterocycles. The SMILES string of the molecule is COc1cccc(C(CNC(=O)COc2ccccc2C)N(C)C)c1. The van der Waals surface area contributed by atoms with Gasteiger partial charge in [-0.05, 0) is 50.3 Å². The lowest BCUT2D eigenvalue weighted by molar-refractivity contribution is -0.123. The smallest absolute Gasteiger partial charge is 0.258 e. The molecule has 5 heteroatoms.